The minimum absolute atomic E-state index is 0. The minimum Gasteiger partial charge on any atom is -0.496 e. The van der Waals surface area contributed by atoms with Crippen LogP contribution in [-0.2, 0) is 60.2 Å². The zero-order valence-corrected chi connectivity index (χ0v) is 36.5. The van der Waals surface area contributed by atoms with Crippen LogP contribution in [0.25, 0.3) is 10.9 Å². The van der Waals surface area contributed by atoms with Crippen molar-refractivity contribution in [2.45, 2.75) is 99.2 Å². The number of para-hydroxylation sites is 1. The predicted molar refractivity (Wildman–Crippen MR) is 226 cm³/mol. The van der Waals surface area contributed by atoms with E-state index in [9.17, 15) is 24.3 Å². The number of fused-ring (bicyclic) bond motifs is 8. The Labute approximate surface area is 365 Å². The topological polar surface area (TPSA) is 181 Å². The first-order valence-electron chi connectivity index (χ1n) is 21.3. The Morgan fingerprint density at radius 3 is 2.45 bits per heavy atom. The Hall–Kier alpha value is -4.96. The number of esters is 3. The molecule has 1 spiro atoms. The van der Waals surface area contributed by atoms with Gasteiger partial charge >= 0.3 is 17.9 Å². The van der Waals surface area contributed by atoms with Crippen molar-refractivity contribution in [3.8, 4) is 5.75 Å². The molecule has 4 fully saturated rings. The van der Waals surface area contributed by atoms with Gasteiger partial charge in [-0.1, -0.05) is 44.2 Å². The number of halogens is 1. The second-order valence-electron chi connectivity index (χ2n) is 18.0. The second-order valence-corrected chi connectivity index (χ2v) is 18.0. The largest absolute Gasteiger partial charge is 0.496 e. The van der Waals surface area contributed by atoms with E-state index in [4.69, 9.17) is 23.7 Å². The summed E-state index contributed by atoms with van der Waals surface area (Å²) in [6.07, 6.45) is 4.47. The van der Waals surface area contributed by atoms with Crippen molar-refractivity contribution >= 4 is 59.2 Å². The number of carbonyl (C=O) groups is 5. The van der Waals surface area contributed by atoms with Gasteiger partial charge in [0.1, 0.15) is 22.9 Å². The molecule has 3 aromatic rings. The maximum Gasteiger partial charge on any atom is 0.344 e. The third kappa shape index (κ3) is 5.01. The van der Waals surface area contributed by atoms with Crippen molar-refractivity contribution in [3.63, 3.8) is 0 Å². The number of piperidine rings is 1. The van der Waals surface area contributed by atoms with E-state index in [1.54, 1.807) is 6.07 Å². The number of nitrogens with zero attached hydrogens (tertiary/aromatic N) is 3. The van der Waals surface area contributed by atoms with Crippen molar-refractivity contribution in [1.29, 1.82) is 0 Å². The van der Waals surface area contributed by atoms with Crippen molar-refractivity contribution in [3.05, 3.63) is 70.9 Å². The van der Waals surface area contributed by atoms with E-state index in [0.717, 1.165) is 23.6 Å². The number of carbonyl (C=O) groups excluding carboxylic acids is 5. The van der Waals surface area contributed by atoms with Gasteiger partial charge < -0.3 is 43.6 Å². The second kappa shape index (κ2) is 14.3. The van der Waals surface area contributed by atoms with Crippen LogP contribution in [0.1, 0.15) is 68.8 Å². The van der Waals surface area contributed by atoms with Gasteiger partial charge in [-0.2, -0.15) is 0 Å². The number of rotatable bonds is 8. The number of ether oxygens (including phenoxy) is 5. The van der Waals surface area contributed by atoms with Gasteiger partial charge in [-0.25, -0.2) is 4.79 Å². The van der Waals surface area contributed by atoms with E-state index in [0.29, 0.717) is 80.8 Å². The quantitative estimate of drug-likeness (QED) is 0.111. The summed E-state index contributed by atoms with van der Waals surface area (Å²) in [6.45, 7) is 7.15. The molecule has 15 nitrogen and oxygen atoms in total. The number of aromatic nitrogens is 1. The molecule has 10 rings (SSSR count). The van der Waals surface area contributed by atoms with E-state index < -0.39 is 75.6 Å². The molecule has 6 aliphatic heterocycles. The van der Waals surface area contributed by atoms with Gasteiger partial charge in [0.05, 0.1) is 45.5 Å². The molecule has 2 N–H and O–H groups in total. The molecule has 330 valence electrons. The Kier molecular flexibility index (Phi) is 9.75. The van der Waals surface area contributed by atoms with Gasteiger partial charge in [0.25, 0.3) is 0 Å². The van der Waals surface area contributed by atoms with E-state index in [1.165, 1.54) is 26.0 Å². The zero-order valence-electron chi connectivity index (χ0n) is 35.7. The lowest BCUT2D eigenvalue weighted by atomic mass is 9.47. The summed E-state index contributed by atoms with van der Waals surface area (Å²) >= 11 is 0. The number of hydrogen-bond donors (Lipinski definition) is 2. The molecule has 7 aliphatic rings. The highest BCUT2D eigenvalue weighted by molar-refractivity contribution is 5.97. The van der Waals surface area contributed by atoms with Crippen LogP contribution in [0, 0.1) is 11.3 Å². The first-order valence-corrected chi connectivity index (χ1v) is 21.3. The van der Waals surface area contributed by atoms with Crippen LogP contribution in [0.15, 0.2) is 48.6 Å². The molecular formula is C46H53ClN4O11. The molecule has 1 saturated carbocycles. The SMILES string of the molecule is CC[C@]12CN3CCc4c([nH]c5ccccc45)[C@@](C(=O)OC)(c4cc5c(cc4OC)N(C=O)[C@H]4[C@@](O)(C(=O)OC)[C@H](OC(C)=O)[C@]6(CC)C=CCN7CC[C@]54[C@@H]76)C[C@H](C3=O)C1O2.Cl. The normalized spacial score (nSPS) is 36.0. The summed E-state index contributed by atoms with van der Waals surface area (Å²) < 4.78 is 30.1. The van der Waals surface area contributed by atoms with E-state index in [2.05, 4.69) is 16.8 Å². The minimum atomic E-state index is -2.56. The van der Waals surface area contributed by atoms with Crippen LogP contribution in [-0.4, -0.2) is 133 Å². The summed E-state index contributed by atoms with van der Waals surface area (Å²) in [5.74, 6) is -2.97. The molecule has 2 amide bonds. The average molecular weight is 873 g/mol. The van der Waals surface area contributed by atoms with E-state index in [1.807, 2.05) is 54.3 Å². The predicted octanol–water partition coefficient (Wildman–Crippen LogP) is 3.48. The van der Waals surface area contributed by atoms with Crippen molar-refractivity contribution < 1.29 is 52.8 Å². The molecule has 0 radical (unpaired) electrons. The Morgan fingerprint density at radius 2 is 1.77 bits per heavy atom. The highest BCUT2D eigenvalue weighted by Gasteiger charge is 2.81. The number of anilines is 1. The Morgan fingerprint density at radius 1 is 1.02 bits per heavy atom. The molecule has 2 bridgehead atoms. The van der Waals surface area contributed by atoms with E-state index in [-0.39, 0.29) is 30.5 Å². The van der Waals surface area contributed by atoms with Gasteiger partial charge in [0, 0.05) is 65.1 Å². The number of epoxide rings is 1. The van der Waals surface area contributed by atoms with Crippen molar-refractivity contribution in [2.75, 3.05) is 52.4 Å². The Bertz CT molecular complexity index is 2460. The lowest BCUT2D eigenvalue weighted by Gasteiger charge is -2.63. The van der Waals surface area contributed by atoms with Gasteiger partial charge in [0.2, 0.25) is 17.9 Å². The first kappa shape index (κ1) is 42.3. The average Bonchev–Trinajstić information content (AvgIpc) is 3.52. The fourth-order valence-electron chi connectivity index (χ4n) is 13.5. The number of hydrogen-bond acceptors (Lipinski definition) is 12. The number of methoxy groups -OCH3 is 3. The summed E-state index contributed by atoms with van der Waals surface area (Å²) in [5, 5.41) is 14.2. The molecule has 3 saturated heterocycles. The van der Waals surface area contributed by atoms with Crippen LogP contribution in [0.3, 0.4) is 0 Å². The number of aromatic amines is 1. The number of H-pyrrole nitrogens is 1. The van der Waals surface area contributed by atoms with Gasteiger partial charge in [-0.05, 0) is 61.9 Å². The molecule has 1 aromatic heterocycles. The third-order valence-electron chi connectivity index (χ3n) is 15.9. The highest BCUT2D eigenvalue weighted by atomic mass is 35.5. The van der Waals surface area contributed by atoms with Crippen LogP contribution in [0.4, 0.5) is 5.69 Å². The number of nitrogens with one attached hydrogen (secondary N) is 1. The molecule has 1 unspecified atom stereocenters. The van der Waals surface area contributed by atoms with Crippen LogP contribution >= 0.6 is 12.4 Å². The third-order valence-corrected chi connectivity index (χ3v) is 15.9. The first-order chi connectivity index (χ1) is 29.3. The number of aliphatic hydroxyl groups is 1. The standard InChI is InChI=1S/C46H52N4O11.ClH/c1-7-42-15-11-17-48-19-16-44(37(42)48)29-20-30(33(57-4)21-32(29)50(24-51)38(44)46(56,41(55)59-6)39(42)60-25(3)52)45(40(54)58-5)22-28-35-43(8-2,61-35)23-49(36(28)53)18-14-27-26-12-9-10-13-31(26)47-34(27)45;/h9-13,15,20-21,24,28,35,37-39,47,56H,7-8,14,16-19,22-23H2,1-6H3;1H/t28-,35?,37-,38+,39+,42+,43-,44+,45-,46-;/m0./s1. The van der Waals surface area contributed by atoms with Gasteiger partial charge in [-0.3, -0.25) is 24.1 Å². The van der Waals surface area contributed by atoms with Crippen molar-refractivity contribution in [1.82, 2.24) is 14.8 Å². The molecular weight excluding hydrogens is 820 g/mol. The van der Waals surface area contributed by atoms with Crippen LogP contribution in [0.2, 0.25) is 0 Å². The lowest BCUT2D eigenvalue weighted by molar-refractivity contribution is -0.228. The maximum atomic E-state index is 15.4. The smallest absolute Gasteiger partial charge is 0.344 e. The lowest BCUT2D eigenvalue weighted by Crippen LogP contribution is -2.81. The molecule has 2 aromatic carbocycles. The van der Waals surface area contributed by atoms with Crippen molar-refractivity contribution in [2.24, 2.45) is 11.3 Å². The van der Waals surface area contributed by atoms with Crippen LogP contribution < -0.4 is 9.64 Å². The summed E-state index contributed by atoms with van der Waals surface area (Å²) in [7, 11) is 3.98. The molecule has 16 heteroatoms. The molecule has 7 heterocycles. The fraction of sp³-hybridized carbons (Fsp3) is 0.543. The molecule has 1 aliphatic carbocycles. The molecule has 62 heavy (non-hydrogen) atoms. The Balaban J connectivity index is 0.00000490. The zero-order chi connectivity index (χ0) is 43.0. The molecule has 10 atom stereocenters. The summed E-state index contributed by atoms with van der Waals surface area (Å²) in [4.78, 5) is 80.4. The maximum absolute atomic E-state index is 15.4. The van der Waals surface area contributed by atoms with Crippen LogP contribution in [0.5, 0.6) is 5.75 Å². The van der Waals surface area contributed by atoms with Gasteiger partial charge in [-0.15, -0.1) is 12.4 Å². The summed E-state index contributed by atoms with van der Waals surface area (Å²) in [6, 6.07) is 9.61. The number of amides is 2. The van der Waals surface area contributed by atoms with E-state index >= 15 is 4.79 Å². The fourth-order valence-corrected chi connectivity index (χ4v) is 13.5. The number of benzene rings is 2. The monoisotopic (exact) mass is 872 g/mol. The summed E-state index contributed by atoms with van der Waals surface area (Å²) in [5.41, 5.74) is -3.51. The van der Waals surface area contributed by atoms with Gasteiger partial charge in [0.15, 0.2) is 6.10 Å². The highest BCUT2D eigenvalue weighted by Crippen LogP contribution is 2.68.